The normalized spacial score (nSPS) is 12.1. The molecule has 0 saturated carbocycles. The predicted octanol–water partition coefficient (Wildman–Crippen LogP) is 7.80. The third-order valence-electron chi connectivity index (χ3n) is 6.50. The Hall–Kier alpha value is -3.08. The summed E-state index contributed by atoms with van der Waals surface area (Å²) in [6, 6.07) is 27.0. The van der Waals surface area contributed by atoms with E-state index in [1.54, 1.807) is 0 Å². The van der Waals surface area contributed by atoms with Gasteiger partial charge in [-0.1, -0.05) is 70.0 Å². The van der Waals surface area contributed by atoms with Gasteiger partial charge in [-0.25, -0.2) is 0 Å². The number of benzene rings is 5. The summed E-state index contributed by atoms with van der Waals surface area (Å²) in [5.74, 6) is 3.08. The molecule has 0 spiro atoms. The minimum Gasteiger partial charge on any atom is -0.115 e. The van der Waals surface area contributed by atoms with Gasteiger partial charge >= 0.3 is 0 Å². The summed E-state index contributed by atoms with van der Waals surface area (Å²) >= 11 is 0. The molecule has 5 aromatic rings. The fourth-order valence-corrected chi connectivity index (χ4v) is 8.55. The van der Waals surface area contributed by atoms with Crippen LogP contribution in [0.4, 0.5) is 0 Å². The molecular formula is C30H27Si. The lowest BCUT2D eigenvalue weighted by molar-refractivity contribution is 0.951. The highest BCUT2D eigenvalue weighted by Crippen LogP contribution is 2.32. The first-order valence-corrected chi connectivity index (χ1v) is 12.8. The van der Waals surface area contributed by atoms with Crippen LogP contribution in [0.15, 0.2) is 72.8 Å². The fraction of sp³-hybridized carbons (Fsp3) is 0.200. The topological polar surface area (TPSA) is 0 Å². The van der Waals surface area contributed by atoms with Crippen LogP contribution in [0.3, 0.4) is 0 Å². The fourth-order valence-electron chi connectivity index (χ4n) is 5.20. The summed E-state index contributed by atoms with van der Waals surface area (Å²) in [6.07, 6.45) is 6.12. The Labute approximate surface area is 186 Å². The van der Waals surface area contributed by atoms with Crippen LogP contribution >= 0.6 is 0 Å². The number of rotatable bonds is 3. The van der Waals surface area contributed by atoms with Crippen LogP contribution in [-0.2, 0) is 0 Å². The maximum atomic E-state index is 6.12. The minimum atomic E-state index is -0.742. The molecule has 0 aliphatic carbocycles. The van der Waals surface area contributed by atoms with Gasteiger partial charge in [0.05, 0.1) is 8.80 Å². The molecular weight excluding hydrogens is 388 g/mol. The van der Waals surface area contributed by atoms with Crippen molar-refractivity contribution in [3.8, 4) is 12.3 Å². The van der Waals surface area contributed by atoms with Gasteiger partial charge in [0.2, 0.25) is 0 Å². The summed E-state index contributed by atoms with van der Waals surface area (Å²) in [6.45, 7) is 9.37. The molecule has 0 amide bonds. The molecule has 0 bridgehead atoms. The summed E-state index contributed by atoms with van der Waals surface area (Å²) in [7, 11) is -0.742. The Balaban J connectivity index is 1.80. The van der Waals surface area contributed by atoms with Crippen LogP contribution in [0, 0.1) is 12.3 Å². The quantitative estimate of drug-likeness (QED) is 0.160. The van der Waals surface area contributed by atoms with Crippen molar-refractivity contribution in [2.75, 3.05) is 0 Å². The van der Waals surface area contributed by atoms with Crippen molar-refractivity contribution in [3.63, 3.8) is 0 Å². The standard InChI is InChI=1S/C30H27Si/c1-6-28-29-18-27-17-25-14-22-10-8-7-9-21(22)13-24(25)16-26(27)15-23(29)11-12-30(28)31(19(2)3)20(4)5/h1,7-20H,2-5H3. The van der Waals surface area contributed by atoms with Crippen molar-refractivity contribution in [2.24, 2.45) is 0 Å². The maximum Gasteiger partial charge on any atom is 0.0927 e. The minimum absolute atomic E-state index is 0.646. The lowest BCUT2D eigenvalue weighted by atomic mass is 9.96. The van der Waals surface area contributed by atoms with Crippen LogP contribution in [0.1, 0.15) is 33.3 Å². The molecule has 1 radical (unpaired) electrons. The predicted molar refractivity (Wildman–Crippen MR) is 140 cm³/mol. The molecule has 1 heteroatoms. The zero-order valence-corrected chi connectivity index (χ0v) is 19.7. The molecule has 0 saturated heterocycles. The smallest absolute Gasteiger partial charge is 0.0927 e. The molecule has 0 N–H and O–H groups in total. The molecule has 0 nitrogen and oxygen atoms in total. The first kappa shape index (κ1) is 19.9. The molecule has 0 unspecified atom stereocenters. The van der Waals surface area contributed by atoms with Crippen molar-refractivity contribution < 1.29 is 0 Å². The molecule has 0 atom stereocenters. The van der Waals surface area contributed by atoms with E-state index in [1.165, 1.54) is 48.3 Å². The zero-order valence-electron chi connectivity index (χ0n) is 18.7. The van der Waals surface area contributed by atoms with E-state index in [9.17, 15) is 0 Å². The van der Waals surface area contributed by atoms with Crippen molar-refractivity contribution in [1.29, 1.82) is 0 Å². The highest BCUT2D eigenvalue weighted by Gasteiger charge is 2.25. The molecule has 0 heterocycles. The Morgan fingerprint density at radius 2 is 1.10 bits per heavy atom. The van der Waals surface area contributed by atoms with E-state index in [-0.39, 0.29) is 0 Å². The van der Waals surface area contributed by atoms with E-state index in [1.807, 2.05) is 0 Å². The number of hydrogen-bond donors (Lipinski definition) is 0. The number of terminal acetylenes is 1. The Morgan fingerprint density at radius 3 is 1.61 bits per heavy atom. The average Bonchev–Trinajstić information content (AvgIpc) is 2.74. The van der Waals surface area contributed by atoms with Gasteiger partial charge in [-0.05, 0) is 95.8 Å². The van der Waals surface area contributed by atoms with Crippen LogP contribution in [-0.4, -0.2) is 8.80 Å². The molecule has 5 aromatic carbocycles. The summed E-state index contributed by atoms with van der Waals surface area (Å²) < 4.78 is 0. The van der Waals surface area contributed by atoms with E-state index in [2.05, 4.69) is 106 Å². The van der Waals surface area contributed by atoms with Gasteiger partial charge in [0.1, 0.15) is 0 Å². The molecule has 0 fully saturated rings. The maximum absolute atomic E-state index is 6.12. The van der Waals surface area contributed by atoms with Gasteiger partial charge in [0.25, 0.3) is 0 Å². The molecule has 0 aliphatic heterocycles. The number of fused-ring (bicyclic) bond motifs is 4. The third-order valence-corrected chi connectivity index (χ3v) is 10.0. The van der Waals surface area contributed by atoms with Gasteiger partial charge < -0.3 is 0 Å². The van der Waals surface area contributed by atoms with E-state index in [4.69, 9.17) is 6.42 Å². The average molecular weight is 416 g/mol. The van der Waals surface area contributed by atoms with Crippen molar-refractivity contribution >= 4 is 57.1 Å². The lowest BCUT2D eigenvalue weighted by Crippen LogP contribution is -2.37. The molecule has 151 valence electrons. The first-order chi connectivity index (χ1) is 15.0. The van der Waals surface area contributed by atoms with Gasteiger partial charge in [-0.3, -0.25) is 0 Å². The number of hydrogen-bond acceptors (Lipinski definition) is 0. The summed E-state index contributed by atoms with van der Waals surface area (Å²) in [5, 5.41) is 11.5. The van der Waals surface area contributed by atoms with E-state index in [0.29, 0.717) is 11.1 Å². The van der Waals surface area contributed by atoms with Gasteiger partial charge in [-0.2, -0.15) is 0 Å². The second-order valence-electron chi connectivity index (χ2n) is 9.22. The Morgan fingerprint density at radius 1 is 0.613 bits per heavy atom. The van der Waals surface area contributed by atoms with Crippen LogP contribution < -0.4 is 5.19 Å². The summed E-state index contributed by atoms with van der Waals surface area (Å²) in [5.41, 5.74) is 2.40. The van der Waals surface area contributed by atoms with Crippen LogP contribution in [0.5, 0.6) is 0 Å². The van der Waals surface area contributed by atoms with E-state index in [0.717, 1.165) is 5.56 Å². The molecule has 0 aromatic heterocycles. The van der Waals surface area contributed by atoms with Crippen molar-refractivity contribution in [2.45, 2.75) is 38.8 Å². The third kappa shape index (κ3) is 3.32. The van der Waals surface area contributed by atoms with Gasteiger partial charge in [0.15, 0.2) is 0 Å². The monoisotopic (exact) mass is 415 g/mol. The molecule has 31 heavy (non-hydrogen) atoms. The lowest BCUT2D eigenvalue weighted by Gasteiger charge is -2.25. The second kappa shape index (κ2) is 7.56. The Bertz CT molecular complexity index is 1490. The van der Waals surface area contributed by atoms with Crippen LogP contribution in [0.2, 0.25) is 11.1 Å². The van der Waals surface area contributed by atoms with Crippen molar-refractivity contribution in [3.05, 3.63) is 78.4 Å². The largest absolute Gasteiger partial charge is 0.115 e. The zero-order chi connectivity index (χ0) is 21.7. The Kier molecular flexibility index (Phi) is 4.84. The van der Waals surface area contributed by atoms with Gasteiger partial charge in [0, 0.05) is 5.56 Å². The SMILES string of the molecule is C#Cc1c([Si](C(C)C)C(C)C)ccc2cc3cc4cc5ccccc5cc4cc3cc12. The highest BCUT2D eigenvalue weighted by atomic mass is 28.3. The van der Waals surface area contributed by atoms with E-state index >= 15 is 0 Å². The summed E-state index contributed by atoms with van der Waals surface area (Å²) in [4.78, 5) is 0. The van der Waals surface area contributed by atoms with Gasteiger partial charge in [-0.15, -0.1) is 6.42 Å². The van der Waals surface area contributed by atoms with Crippen molar-refractivity contribution in [1.82, 2.24) is 0 Å². The molecule has 0 aliphatic rings. The second-order valence-corrected chi connectivity index (χ2v) is 13.0. The molecule has 5 rings (SSSR count). The first-order valence-electron chi connectivity index (χ1n) is 11.1. The highest BCUT2D eigenvalue weighted by molar-refractivity contribution is 6.76. The van der Waals surface area contributed by atoms with E-state index < -0.39 is 8.80 Å². The van der Waals surface area contributed by atoms with Crippen LogP contribution in [0.25, 0.3) is 43.1 Å².